The maximum Gasteiger partial charge on any atom is 0.336 e. The summed E-state index contributed by atoms with van der Waals surface area (Å²) < 4.78 is 5.60. The van der Waals surface area contributed by atoms with Crippen LogP contribution in [0.5, 0.6) is 0 Å². The van der Waals surface area contributed by atoms with E-state index in [-0.39, 0.29) is 12.3 Å². The lowest BCUT2D eigenvalue weighted by Gasteiger charge is -1.94. The Morgan fingerprint density at radius 1 is 1.24 bits per heavy atom. The molecule has 0 fully saturated rings. The first kappa shape index (κ1) is 21.6. The molecule has 0 aliphatic heterocycles. The number of benzene rings is 1. The van der Waals surface area contributed by atoms with Crippen LogP contribution in [0.4, 0.5) is 0 Å². The quantitative estimate of drug-likeness (QED) is 0.718. The van der Waals surface area contributed by atoms with Gasteiger partial charge in [-0.05, 0) is 48.6 Å². The van der Waals surface area contributed by atoms with Crippen LogP contribution in [0.1, 0.15) is 24.2 Å². The lowest BCUT2D eigenvalue weighted by atomic mass is 10.2. The Morgan fingerprint density at radius 3 is 1.94 bits per heavy atom. The molecule has 0 radical (unpaired) electrons. The molecule has 0 bridgehead atoms. The van der Waals surface area contributed by atoms with E-state index in [9.17, 15) is 4.79 Å². The van der Waals surface area contributed by atoms with Crippen molar-refractivity contribution in [3.8, 4) is 0 Å². The smallest absolute Gasteiger partial charge is 0.336 e. The van der Waals surface area contributed by atoms with Gasteiger partial charge in [0.15, 0.2) is 0 Å². The summed E-state index contributed by atoms with van der Waals surface area (Å²) in [5.41, 5.74) is 0.364. The summed E-state index contributed by atoms with van der Waals surface area (Å²) in [4.78, 5) is 10.4. The zero-order valence-electron chi connectivity index (χ0n) is 10.3. The highest BCUT2D eigenvalue weighted by molar-refractivity contribution is 14.1. The van der Waals surface area contributed by atoms with Gasteiger partial charge in [0.2, 0.25) is 0 Å². The molecule has 17 heavy (non-hydrogen) atoms. The summed E-state index contributed by atoms with van der Waals surface area (Å²) in [6.45, 7) is 5.67. The third-order valence-corrected chi connectivity index (χ3v) is 2.45. The van der Waals surface area contributed by atoms with E-state index in [0.717, 1.165) is 16.8 Å². The number of rotatable bonds is 3. The Kier molecular flexibility index (Phi) is 17.0. The third-order valence-electron chi connectivity index (χ3n) is 1.51. The van der Waals surface area contributed by atoms with Gasteiger partial charge in [0.05, 0.1) is 5.56 Å². The number of ether oxygens (including phenoxy) is 1. The summed E-state index contributed by atoms with van der Waals surface area (Å²) >= 11 is 1.99. The first-order chi connectivity index (χ1) is 7.13. The van der Waals surface area contributed by atoms with E-state index in [1.807, 2.05) is 42.5 Å². The molecule has 0 aliphatic carbocycles. The van der Waals surface area contributed by atoms with Gasteiger partial charge in [0.25, 0.3) is 0 Å². The van der Waals surface area contributed by atoms with Crippen molar-refractivity contribution < 1.29 is 14.6 Å². The first-order valence-corrected chi connectivity index (χ1v) is 5.76. The van der Waals surface area contributed by atoms with Crippen LogP contribution >= 0.6 is 22.6 Å². The van der Waals surface area contributed by atoms with Crippen molar-refractivity contribution in [3.63, 3.8) is 0 Å². The van der Waals surface area contributed by atoms with Crippen LogP contribution in [0.25, 0.3) is 0 Å². The van der Waals surface area contributed by atoms with Crippen molar-refractivity contribution in [1.29, 1.82) is 0 Å². The van der Waals surface area contributed by atoms with E-state index in [4.69, 9.17) is 9.84 Å². The van der Waals surface area contributed by atoms with Crippen LogP contribution < -0.4 is 12.3 Å². The van der Waals surface area contributed by atoms with E-state index in [2.05, 4.69) is 0 Å². The maximum absolute atomic E-state index is 10.4. The second-order valence-electron chi connectivity index (χ2n) is 2.57. The molecule has 0 atom stereocenters. The molecular weight excluding hydrogens is 335 g/mol. The first-order valence-electron chi connectivity index (χ1n) is 4.69. The second kappa shape index (κ2) is 13.4. The summed E-state index contributed by atoms with van der Waals surface area (Å²) in [6, 6.07) is 6.88. The van der Waals surface area contributed by atoms with Crippen molar-refractivity contribution in [2.24, 2.45) is 0 Å². The molecule has 100 valence electrons. The van der Waals surface area contributed by atoms with Gasteiger partial charge in [-0.25, -0.2) is 4.79 Å². The molecule has 0 unspecified atom stereocenters. The minimum atomic E-state index is -0.870. The number of hydrogen-bond donors (Lipinski definition) is 3. The van der Waals surface area contributed by atoms with Crippen LogP contribution in [0.15, 0.2) is 24.3 Å². The predicted molar refractivity (Wildman–Crippen MR) is 78.3 cm³/mol. The topological polar surface area (TPSA) is 117 Å². The van der Waals surface area contributed by atoms with Crippen molar-refractivity contribution in [2.45, 2.75) is 13.8 Å². The fraction of sp³-hybridized carbons (Fsp3) is 0.364. The molecule has 1 aromatic carbocycles. The highest BCUT2D eigenvalue weighted by Gasteiger charge is 2.04. The monoisotopic (exact) mass is 356 g/mol. The molecule has 0 saturated carbocycles. The van der Waals surface area contributed by atoms with E-state index in [0.29, 0.717) is 5.56 Å². The lowest BCUT2D eigenvalue weighted by molar-refractivity contribution is 0.0695. The fourth-order valence-electron chi connectivity index (χ4n) is 0.839. The summed E-state index contributed by atoms with van der Waals surface area (Å²) in [7, 11) is 0. The van der Waals surface area contributed by atoms with E-state index >= 15 is 0 Å². The van der Waals surface area contributed by atoms with E-state index in [1.54, 1.807) is 18.2 Å². The number of carboxylic acids is 1. The highest BCUT2D eigenvalue weighted by Crippen LogP contribution is 2.10. The predicted octanol–water partition coefficient (Wildman–Crippen LogP) is 3.36. The summed E-state index contributed by atoms with van der Waals surface area (Å²) in [5.74, 6) is -0.870. The van der Waals surface area contributed by atoms with Crippen LogP contribution in [-0.2, 0) is 4.74 Å². The van der Waals surface area contributed by atoms with Crippen LogP contribution in [0, 0.1) is 3.57 Å². The largest absolute Gasteiger partial charge is 0.478 e. The SMILES string of the molecule is CCOCC.N.N.O=C(O)c1ccccc1I. The van der Waals surface area contributed by atoms with Gasteiger partial charge in [0, 0.05) is 16.8 Å². The van der Waals surface area contributed by atoms with E-state index in [1.165, 1.54) is 0 Å². The molecule has 0 spiro atoms. The zero-order chi connectivity index (χ0) is 11.7. The van der Waals surface area contributed by atoms with Crippen LogP contribution in [0.3, 0.4) is 0 Å². The second-order valence-corrected chi connectivity index (χ2v) is 3.73. The third kappa shape index (κ3) is 10.2. The Morgan fingerprint density at radius 2 is 1.71 bits per heavy atom. The van der Waals surface area contributed by atoms with Gasteiger partial charge in [0.1, 0.15) is 0 Å². The standard InChI is InChI=1S/C7H5IO2.C4H10O.2H3N/c8-6-4-2-1-3-5(6)7(9)10;1-3-5-4-2;;/h1-4H,(H,9,10);3-4H2,1-2H3;2*1H3. The molecule has 6 heteroatoms. The molecule has 0 saturated heterocycles. The molecule has 0 aromatic heterocycles. The normalized spacial score (nSPS) is 7.94. The minimum Gasteiger partial charge on any atom is -0.478 e. The van der Waals surface area contributed by atoms with Crippen LogP contribution in [0.2, 0.25) is 0 Å². The Bertz CT molecular complexity index is 307. The molecule has 1 aromatic rings. The maximum atomic E-state index is 10.4. The van der Waals surface area contributed by atoms with Crippen molar-refractivity contribution >= 4 is 28.6 Å². The molecule has 7 N–H and O–H groups in total. The number of carbonyl (C=O) groups is 1. The fourth-order valence-corrected chi connectivity index (χ4v) is 1.46. The number of halogens is 1. The Hall–Kier alpha value is -0.700. The Labute approximate surface area is 116 Å². The summed E-state index contributed by atoms with van der Waals surface area (Å²) in [5, 5.41) is 8.56. The zero-order valence-corrected chi connectivity index (χ0v) is 12.4. The Balaban J connectivity index is -0.000000247. The molecule has 0 heterocycles. The molecule has 0 amide bonds. The van der Waals surface area contributed by atoms with Gasteiger partial charge < -0.3 is 22.1 Å². The van der Waals surface area contributed by atoms with Gasteiger partial charge in [-0.1, -0.05) is 12.1 Å². The average Bonchev–Trinajstić information content (AvgIpc) is 2.20. The van der Waals surface area contributed by atoms with E-state index < -0.39 is 5.97 Å². The van der Waals surface area contributed by atoms with Crippen LogP contribution in [-0.4, -0.2) is 24.3 Å². The van der Waals surface area contributed by atoms with Crippen molar-refractivity contribution in [2.75, 3.05) is 13.2 Å². The molecule has 5 nitrogen and oxygen atoms in total. The number of hydrogen-bond acceptors (Lipinski definition) is 4. The number of aromatic carboxylic acids is 1. The molecule has 0 aliphatic rings. The minimum absolute atomic E-state index is 0. The average molecular weight is 356 g/mol. The summed E-state index contributed by atoms with van der Waals surface area (Å²) in [6.07, 6.45) is 0. The van der Waals surface area contributed by atoms with Crippen molar-refractivity contribution in [1.82, 2.24) is 12.3 Å². The lowest BCUT2D eigenvalue weighted by Crippen LogP contribution is -1.97. The van der Waals surface area contributed by atoms with Crippen molar-refractivity contribution in [3.05, 3.63) is 33.4 Å². The molecule has 1 rings (SSSR count). The molecular formula is C11H21IN2O3. The van der Waals surface area contributed by atoms with Gasteiger partial charge >= 0.3 is 5.97 Å². The van der Waals surface area contributed by atoms with Gasteiger partial charge in [-0.2, -0.15) is 0 Å². The van der Waals surface area contributed by atoms with Gasteiger partial charge in [-0.15, -0.1) is 0 Å². The van der Waals surface area contributed by atoms with Gasteiger partial charge in [-0.3, -0.25) is 0 Å². The highest BCUT2D eigenvalue weighted by atomic mass is 127. The number of carboxylic acid groups (broad SMARTS) is 1.